The summed E-state index contributed by atoms with van der Waals surface area (Å²) in [4.78, 5) is 0. The Bertz CT molecular complexity index is 270. The third kappa shape index (κ3) is 6.45. The monoisotopic (exact) mass is 252 g/mol. The van der Waals surface area contributed by atoms with E-state index in [9.17, 15) is 18.6 Å². The van der Waals surface area contributed by atoms with Crippen LogP contribution in [0, 0.1) is 5.92 Å². The molecule has 0 amide bonds. The molecule has 2 N–H and O–H groups in total. The maximum atomic E-state index is 10.9. The lowest BCUT2D eigenvalue weighted by molar-refractivity contribution is -0.0233. The van der Waals surface area contributed by atoms with Gasteiger partial charge in [-0.1, -0.05) is 26.7 Å². The first kappa shape index (κ1) is 15.9. The van der Waals surface area contributed by atoms with Crippen LogP contribution >= 0.6 is 0 Å². The van der Waals surface area contributed by atoms with E-state index in [-0.39, 0.29) is 11.7 Å². The number of hydrogen-bond donors (Lipinski definition) is 2. The van der Waals surface area contributed by atoms with Crippen molar-refractivity contribution in [3.05, 3.63) is 0 Å². The van der Waals surface area contributed by atoms with Crippen LogP contribution in [0.25, 0.3) is 0 Å². The summed E-state index contributed by atoms with van der Waals surface area (Å²) >= 11 is 0. The molecule has 0 aromatic heterocycles. The van der Waals surface area contributed by atoms with Gasteiger partial charge in [-0.25, -0.2) is 8.42 Å². The topological polar surface area (TPSA) is 74.6 Å². The van der Waals surface area contributed by atoms with Crippen LogP contribution in [0.4, 0.5) is 0 Å². The highest BCUT2D eigenvalue weighted by atomic mass is 32.2. The molecule has 0 aromatic carbocycles. The average Bonchev–Trinajstić information content (AvgIpc) is 2.17. The Morgan fingerprint density at radius 3 is 2.00 bits per heavy atom. The van der Waals surface area contributed by atoms with Gasteiger partial charge in [0.2, 0.25) is 0 Å². The van der Waals surface area contributed by atoms with E-state index in [0.29, 0.717) is 12.8 Å². The van der Waals surface area contributed by atoms with Crippen molar-refractivity contribution >= 4 is 9.84 Å². The van der Waals surface area contributed by atoms with Gasteiger partial charge in [0.25, 0.3) is 0 Å². The van der Waals surface area contributed by atoms with Crippen molar-refractivity contribution in [3.8, 4) is 0 Å². The molecule has 2 atom stereocenters. The zero-order valence-corrected chi connectivity index (χ0v) is 11.2. The van der Waals surface area contributed by atoms with Crippen molar-refractivity contribution in [3.63, 3.8) is 0 Å². The highest BCUT2D eigenvalue weighted by molar-refractivity contribution is 7.90. The van der Waals surface area contributed by atoms with E-state index in [4.69, 9.17) is 0 Å². The van der Waals surface area contributed by atoms with E-state index < -0.39 is 22.0 Å². The normalized spacial score (nSPS) is 16.4. The number of aliphatic hydroxyl groups excluding tert-OH is 2. The van der Waals surface area contributed by atoms with Crippen molar-refractivity contribution in [1.82, 2.24) is 0 Å². The fourth-order valence-electron chi connectivity index (χ4n) is 1.81. The fraction of sp³-hybridized carbons (Fsp3) is 1.00. The zero-order valence-electron chi connectivity index (χ0n) is 10.4. The molecule has 16 heavy (non-hydrogen) atoms. The van der Waals surface area contributed by atoms with Crippen LogP contribution in [-0.4, -0.2) is 42.8 Å². The van der Waals surface area contributed by atoms with Crippen LogP contribution < -0.4 is 0 Å². The van der Waals surface area contributed by atoms with Crippen molar-refractivity contribution < 1.29 is 18.6 Å². The van der Waals surface area contributed by atoms with Crippen molar-refractivity contribution in [2.75, 3.05) is 12.0 Å². The van der Waals surface area contributed by atoms with Gasteiger partial charge in [0.1, 0.15) is 9.84 Å². The Labute approximate surface area is 98.6 Å². The maximum Gasteiger partial charge on any atom is 0.147 e. The minimum atomic E-state index is -2.97. The molecule has 4 nitrogen and oxygen atoms in total. The van der Waals surface area contributed by atoms with Gasteiger partial charge in [-0.2, -0.15) is 0 Å². The third-order valence-electron chi connectivity index (χ3n) is 2.94. The lowest BCUT2D eigenvalue weighted by atomic mass is 9.91. The molecule has 0 aliphatic rings. The summed E-state index contributed by atoms with van der Waals surface area (Å²) in [5, 5.41) is 19.5. The Morgan fingerprint density at radius 2 is 1.62 bits per heavy atom. The molecule has 0 rings (SSSR count). The SMILES string of the molecule is CCC(CC)C(O)C(O)CCCS(C)(=O)=O. The van der Waals surface area contributed by atoms with Crippen LogP contribution in [0.15, 0.2) is 0 Å². The fourth-order valence-corrected chi connectivity index (χ4v) is 2.50. The molecule has 0 saturated heterocycles. The number of sulfone groups is 1. The first-order valence-electron chi connectivity index (χ1n) is 5.85. The smallest absolute Gasteiger partial charge is 0.147 e. The van der Waals surface area contributed by atoms with Gasteiger partial charge < -0.3 is 10.2 Å². The summed E-state index contributed by atoms with van der Waals surface area (Å²) in [6.45, 7) is 3.95. The van der Waals surface area contributed by atoms with E-state index in [1.807, 2.05) is 13.8 Å². The predicted octanol–water partition coefficient (Wildman–Crippen LogP) is 0.969. The van der Waals surface area contributed by atoms with Crippen LogP contribution in [0.3, 0.4) is 0 Å². The van der Waals surface area contributed by atoms with Gasteiger partial charge in [-0.05, 0) is 18.8 Å². The molecular weight excluding hydrogens is 228 g/mol. The molecule has 98 valence electrons. The molecule has 5 heteroatoms. The number of hydrogen-bond acceptors (Lipinski definition) is 4. The summed E-state index contributed by atoms with van der Waals surface area (Å²) in [7, 11) is -2.97. The summed E-state index contributed by atoms with van der Waals surface area (Å²) in [6, 6.07) is 0. The molecule has 2 unspecified atom stereocenters. The predicted molar refractivity (Wildman–Crippen MR) is 65.0 cm³/mol. The van der Waals surface area contributed by atoms with Gasteiger partial charge in [0.05, 0.1) is 12.2 Å². The van der Waals surface area contributed by atoms with E-state index in [2.05, 4.69) is 0 Å². The highest BCUT2D eigenvalue weighted by Gasteiger charge is 2.23. The van der Waals surface area contributed by atoms with Crippen molar-refractivity contribution in [2.24, 2.45) is 5.92 Å². The Morgan fingerprint density at radius 1 is 1.12 bits per heavy atom. The van der Waals surface area contributed by atoms with Crippen molar-refractivity contribution in [2.45, 2.75) is 51.7 Å². The molecule has 0 spiro atoms. The lowest BCUT2D eigenvalue weighted by Gasteiger charge is -2.24. The molecular formula is C11H24O4S. The Balaban J connectivity index is 4.00. The van der Waals surface area contributed by atoms with Crippen LogP contribution in [0.2, 0.25) is 0 Å². The summed E-state index contributed by atoms with van der Waals surface area (Å²) in [5.41, 5.74) is 0. The van der Waals surface area contributed by atoms with Crippen LogP contribution in [-0.2, 0) is 9.84 Å². The van der Waals surface area contributed by atoms with E-state index >= 15 is 0 Å². The number of rotatable bonds is 8. The third-order valence-corrected chi connectivity index (χ3v) is 3.97. The molecule has 0 aliphatic carbocycles. The quantitative estimate of drug-likeness (QED) is 0.675. The minimum absolute atomic E-state index is 0.0691. The van der Waals surface area contributed by atoms with E-state index in [0.717, 1.165) is 12.8 Å². The van der Waals surface area contributed by atoms with Gasteiger partial charge in [0, 0.05) is 12.0 Å². The Hall–Kier alpha value is -0.130. The number of aliphatic hydroxyl groups is 2. The first-order chi connectivity index (χ1) is 7.31. The van der Waals surface area contributed by atoms with Gasteiger partial charge in [-0.15, -0.1) is 0 Å². The molecule has 0 saturated carbocycles. The molecule has 0 heterocycles. The standard InChI is InChI=1S/C11H24O4S/c1-4-9(5-2)11(13)10(12)7-6-8-16(3,14)15/h9-13H,4-8H2,1-3H3. The second-order valence-corrected chi connectivity index (χ2v) is 6.67. The average molecular weight is 252 g/mol. The maximum absolute atomic E-state index is 10.9. The van der Waals surface area contributed by atoms with Crippen molar-refractivity contribution in [1.29, 1.82) is 0 Å². The largest absolute Gasteiger partial charge is 0.390 e. The van der Waals surface area contributed by atoms with Gasteiger partial charge >= 0.3 is 0 Å². The molecule has 0 aromatic rings. The molecule has 0 aliphatic heterocycles. The second-order valence-electron chi connectivity index (χ2n) is 4.41. The lowest BCUT2D eigenvalue weighted by Crippen LogP contribution is -2.33. The van der Waals surface area contributed by atoms with Crippen LogP contribution in [0.5, 0.6) is 0 Å². The second kappa shape index (κ2) is 7.25. The first-order valence-corrected chi connectivity index (χ1v) is 7.91. The van der Waals surface area contributed by atoms with Gasteiger partial charge in [0.15, 0.2) is 0 Å². The molecule has 0 bridgehead atoms. The Kier molecular flexibility index (Phi) is 7.19. The van der Waals surface area contributed by atoms with Gasteiger partial charge in [-0.3, -0.25) is 0 Å². The molecule has 0 fully saturated rings. The van der Waals surface area contributed by atoms with E-state index in [1.165, 1.54) is 6.26 Å². The molecule has 0 radical (unpaired) electrons. The van der Waals surface area contributed by atoms with E-state index in [1.54, 1.807) is 0 Å². The zero-order chi connectivity index (χ0) is 12.8. The van der Waals surface area contributed by atoms with Crippen LogP contribution in [0.1, 0.15) is 39.5 Å². The summed E-state index contributed by atoms with van der Waals surface area (Å²) in [5.74, 6) is 0.160. The summed E-state index contributed by atoms with van der Waals surface area (Å²) in [6.07, 6.45) is 2.00. The minimum Gasteiger partial charge on any atom is -0.390 e. The highest BCUT2D eigenvalue weighted by Crippen LogP contribution is 2.18. The summed E-state index contributed by atoms with van der Waals surface area (Å²) < 4.78 is 21.8.